The molecule has 1 saturated heterocycles. The van der Waals surface area contributed by atoms with Gasteiger partial charge in [0.1, 0.15) is 12.3 Å². The van der Waals surface area contributed by atoms with E-state index in [1.54, 1.807) is 0 Å². The molecular formula is C35H36N4O2. The number of pyridine rings is 1. The summed E-state index contributed by atoms with van der Waals surface area (Å²) in [5, 5.41) is 0. The zero-order valence-corrected chi connectivity index (χ0v) is 23.8. The fourth-order valence-electron chi connectivity index (χ4n) is 5.57. The minimum absolute atomic E-state index is 0.0542. The maximum absolute atomic E-state index is 12.8. The van der Waals surface area contributed by atoms with Gasteiger partial charge in [0, 0.05) is 44.5 Å². The van der Waals surface area contributed by atoms with Gasteiger partial charge in [-0.05, 0) is 48.2 Å². The summed E-state index contributed by atoms with van der Waals surface area (Å²) in [4.78, 5) is 22.2. The Morgan fingerprint density at radius 1 is 0.829 bits per heavy atom. The van der Waals surface area contributed by atoms with Crippen LogP contribution in [-0.4, -0.2) is 57.9 Å². The molecule has 0 spiro atoms. The van der Waals surface area contributed by atoms with Gasteiger partial charge in [0.05, 0.1) is 18.0 Å². The van der Waals surface area contributed by atoms with Crippen LogP contribution >= 0.6 is 0 Å². The monoisotopic (exact) mass is 544 g/mol. The first-order valence-electron chi connectivity index (χ1n) is 14.3. The van der Waals surface area contributed by atoms with Crippen molar-refractivity contribution < 1.29 is 9.53 Å². The van der Waals surface area contributed by atoms with Crippen molar-refractivity contribution in [3.8, 4) is 22.4 Å². The number of piperazine rings is 1. The zero-order valence-electron chi connectivity index (χ0n) is 23.8. The van der Waals surface area contributed by atoms with Gasteiger partial charge in [0.15, 0.2) is 0 Å². The molecule has 0 aliphatic carbocycles. The number of amides is 1. The molecule has 6 nitrogen and oxygen atoms in total. The Balaban J connectivity index is 1.20. The number of carbonyl (C=O) groups excluding carboxylic acids is 1. The molecule has 1 fully saturated rings. The zero-order chi connectivity index (χ0) is 28.2. The maximum atomic E-state index is 12.8. The summed E-state index contributed by atoms with van der Waals surface area (Å²) in [7, 11) is 0. The Morgan fingerprint density at radius 3 is 2.32 bits per heavy atom. The van der Waals surface area contributed by atoms with Crippen LogP contribution in [-0.2, 0) is 22.7 Å². The number of aryl methyl sites for hydroxylation is 2. The molecule has 0 saturated carbocycles. The molecule has 0 unspecified atom stereocenters. The van der Waals surface area contributed by atoms with Crippen LogP contribution in [0.15, 0.2) is 97.2 Å². The van der Waals surface area contributed by atoms with Crippen molar-refractivity contribution in [2.75, 3.05) is 32.8 Å². The number of fused-ring (bicyclic) bond motifs is 1. The highest BCUT2D eigenvalue weighted by atomic mass is 16.5. The lowest BCUT2D eigenvalue weighted by molar-refractivity contribution is -0.138. The summed E-state index contributed by atoms with van der Waals surface area (Å²) >= 11 is 0. The smallest absolute Gasteiger partial charge is 0.248 e. The Morgan fingerprint density at radius 2 is 1.56 bits per heavy atom. The molecule has 2 aromatic heterocycles. The molecule has 41 heavy (non-hydrogen) atoms. The summed E-state index contributed by atoms with van der Waals surface area (Å²) in [6.45, 7) is 8.62. The lowest BCUT2D eigenvalue weighted by Gasteiger charge is -2.34. The van der Waals surface area contributed by atoms with Crippen molar-refractivity contribution >= 4 is 11.6 Å². The number of nitrogens with zero attached hydrogens (tertiary/aromatic N) is 4. The quantitative estimate of drug-likeness (QED) is 0.235. The number of benzene rings is 3. The SMILES string of the molecule is Cc1ccc(C)c(-c2ccc3nc(-c4ccccc4)c(CN4CCN(C(=O)COCc5ccccc5)CC4)n3c2)c1. The van der Waals surface area contributed by atoms with E-state index in [0.717, 1.165) is 42.1 Å². The van der Waals surface area contributed by atoms with Crippen LogP contribution in [0, 0.1) is 13.8 Å². The van der Waals surface area contributed by atoms with E-state index in [-0.39, 0.29) is 12.5 Å². The van der Waals surface area contributed by atoms with Crippen molar-refractivity contribution in [2.45, 2.75) is 27.0 Å². The van der Waals surface area contributed by atoms with E-state index in [2.05, 4.69) is 83.9 Å². The van der Waals surface area contributed by atoms with Crippen LogP contribution in [0.1, 0.15) is 22.4 Å². The molecule has 6 rings (SSSR count). The first kappa shape index (κ1) is 26.9. The highest BCUT2D eigenvalue weighted by Crippen LogP contribution is 2.30. The van der Waals surface area contributed by atoms with Crippen LogP contribution < -0.4 is 0 Å². The Labute approximate surface area is 241 Å². The van der Waals surface area contributed by atoms with Gasteiger partial charge in [-0.1, -0.05) is 84.4 Å². The van der Waals surface area contributed by atoms with Gasteiger partial charge in [0.25, 0.3) is 0 Å². The molecule has 0 atom stereocenters. The fraction of sp³-hybridized carbons (Fsp3) is 0.257. The first-order valence-corrected chi connectivity index (χ1v) is 14.3. The van der Waals surface area contributed by atoms with Crippen LogP contribution in [0.2, 0.25) is 0 Å². The normalized spacial score (nSPS) is 14.0. The number of rotatable bonds is 8. The summed E-state index contributed by atoms with van der Waals surface area (Å²) in [5.74, 6) is 0.0542. The number of ether oxygens (including phenoxy) is 1. The average Bonchev–Trinajstić information content (AvgIpc) is 3.37. The van der Waals surface area contributed by atoms with Gasteiger partial charge in [0.2, 0.25) is 5.91 Å². The number of imidazole rings is 1. The van der Waals surface area contributed by atoms with E-state index >= 15 is 0 Å². The van der Waals surface area contributed by atoms with Crippen molar-refractivity contribution in [3.63, 3.8) is 0 Å². The third kappa shape index (κ3) is 6.09. The summed E-state index contributed by atoms with van der Waals surface area (Å²) in [6, 6.07) is 31.3. The van der Waals surface area contributed by atoms with Gasteiger partial charge < -0.3 is 14.0 Å². The molecule has 208 valence electrons. The minimum Gasteiger partial charge on any atom is -0.367 e. The lowest BCUT2D eigenvalue weighted by atomic mass is 10.00. The van der Waals surface area contributed by atoms with Crippen LogP contribution in [0.3, 0.4) is 0 Å². The number of aromatic nitrogens is 2. The molecule has 3 heterocycles. The lowest BCUT2D eigenvalue weighted by Crippen LogP contribution is -2.49. The van der Waals surface area contributed by atoms with Crippen LogP contribution in [0.25, 0.3) is 28.0 Å². The van der Waals surface area contributed by atoms with E-state index in [4.69, 9.17) is 9.72 Å². The summed E-state index contributed by atoms with van der Waals surface area (Å²) < 4.78 is 7.96. The molecule has 3 aromatic carbocycles. The Bertz CT molecular complexity index is 1640. The fourth-order valence-corrected chi connectivity index (χ4v) is 5.57. The molecule has 0 radical (unpaired) electrons. The van der Waals surface area contributed by atoms with E-state index in [1.807, 2.05) is 41.3 Å². The average molecular weight is 545 g/mol. The molecule has 1 amide bonds. The molecule has 1 aliphatic rings. The maximum Gasteiger partial charge on any atom is 0.248 e. The van der Waals surface area contributed by atoms with Crippen LogP contribution in [0.5, 0.6) is 0 Å². The molecule has 5 aromatic rings. The van der Waals surface area contributed by atoms with Gasteiger partial charge in [-0.2, -0.15) is 0 Å². The number of hydrogen-bond acceptors (Lipinski definition) is 4. The van der Waals surface area contributed by atoms with Gasteiger partial charge >= 0.3 is 0 Å². The van der Waals surface area contributed by atoms with Gasteiger partial charge in [-0.25, -0.2) is 4.98 Å². The van der Waals surface area contributed by atoms with E-state index in [0.29, 0.717) is 19.7 Å². The summed E-state index contributed by atoms with van der Waals surface area (Å²) in [5.41, 5.74) is 10.3. The third-order valence-corrected chi connectivity index (χ3v) is 7.90. The van der Waals surface area contributed by atoms with Crippen molar-refractivity contribution in [2.24, 2.45) is 0 Å². The van der Waals surface area contributed by atoms with Gasteiger partial charge in [-0.15, -0.1) is 0 Å². The molecule has 0 bridgehead atoms. The standard InChI is InChI=1S/C35H36N4O2/c1-26-13-14-27(2)31(21-26)30-15-16-33-36-35(29-11-7-4-8-12-29)32(39(33)22-30)23-37-17-19-38(20-18-37)34(40)25-41-24-28-9-5-3-6-10-28/h3-16,21-22H,17-20,23-25H2,1-2H3. The van der Waals surface area contributed by atoms with Crippen LogP contribution in [0.4, 0.5) is 0 Å². The Hall–Kier alpha value is -4.26. The predicted molar refractivity (Wildman–Crippen MR) is 163 cm³/mol. The summed E-state index contributed by atoms with van der Waals surface area (Å²) in [6.07, 6.45) is 2.23. The predicted octanol–water partition coefficient (Wildman–Crippen LogP) is 6.15. The van der Waals surface area contributed by atoms with Crippen molar-refractivity contribution in [1.82, 2.24) is 19.2 Å². The second-order valence-corrected chi connectivity index (χ2v) is 10.9. The highest BCUT2D eigenvalue weighted by Gasteiger charge is 2.24. The number of hydrogen-bond donors (Lipinski definition) is 0. The second kappa shape index (κ2) is 12.1. The topological polar surface area (TPSA) is 50.1 Å². The molecule has 6 heteroatoms. The molecule has 0 N–H and O–H groups in total. The minimum atomic E-state index is 0.0542. The largest absolute Gasteiger partial charge is 0.367 e. The third-order valence-electron chi connectivity index (χ3n) is 7.90. The van der Waals surface area contributed by atoms with E-state index in [1.165, 1.54) is 27.9 Å². The highest BCUT2D eigenvalue weighted by molar-refractivity contribution is 5.77. The molecular weight excluding hydrogens is 508 g/mol. The van der Waals surface area contributed by atoms with E-state index in [9.17, 15) is 4.79 Å². The molecule has 1 aliphatic heterocycles. The Kier molecular flexibility index (Phi) is 7.94. The van der Waals surface area contributed by atoms with Gasteiger partial charge in [-0.3, -0.25) is 9.69 Å². The van der Waals surface area contributed by atoms with Crippen molar-refractivity contribution in [1.29, 1.82) is 0 Å². The second-order valence-electron chi connectivity index (χ2n) is 10.9. The van der Waals surface area contributed by atoms with Crippen molar-refractivity contribution in [3.05, 3.63) is 120 Å². The van der Waals surface area contributed by atoms with E-state index < -0.39 is 0 Å². The number of carbonyl (C=O) groups is 1. The first-order chi connectivity index (χ1) is 20.0.